The van der Waals surface area contributed by atoms with Gasteiger partial charge in [-0.05, 0) is 33.2 Å². The van der Waals surface area contributed by atoms with Crippen molar-refractivity contribution in [1.29, 1.82) is 0 Å². The molecule has 0 spiro atoms. The zero-order chi connectivity index (χ0) is 13.8. The Labute approximate surface area is 111 Å². The molecule has 18 heavy (non-hydrogen) atoms. The van der Waals surface area contributed by atoms with E-state index in [1.165, 1.54) is 12.8 Å². The molecule has 0 aliphatic rings. The molecule has 0 bridgehead atoms. The molecule has 4 heteroatoms. The molecule has 0 fully saturated rings. The summed E-state index contributed by atoms with van der Waals surface area (Å²) in [6.07, 6.45) is 5.05. The Morgan fingerprint density at radius 3 is 2.39 bits per heavy atom. The molecule has 0 saturated carbocycles. The first-order chi connectivity index (χ1) is 8.56. The van der Waals surface area contributed by atoms with E-state index in [1.54, 1.807) is 0 Å². The summed E-state index contributed by atoms with van der Waals surface area (Å²) in [4.78, 5) is 12.8. The molecule has 0 radical (unpaired) electrons. The lowest BCUT2D eigenvalue weighted by molar-refractivity contribution is -0.137. The fraction of sp³-hybridized carbons (Fsp3) is 0.929. The Balaban J connectivity index is 3.76. The van der Waals surface area contributed by atoms with Gasteiger partial charge in [0.25, 0.3) is 0 Å². The topological polar surface area (TPSA) is 49.8 Å². The third kappa shape index (κ3) is 11.9. The molecule has 1 N–H and O–H groups in total. The minimum Gasteiger partial charge on any atom is -0.481 e. The quantitative estimate of drug-likeness (QED) is 0.548. The molecule has 0 unspecified atom stereocenters. The van der Waals surface area contributed by atoms with Gasteiger partial charge >= 0.3 is 5.97 Å². The van der Waals surface area contributed by atoms with Gasteiger partial charge < -0.3 is 14.7 Å². The van der Waals surface area contributed by atoms with Gasteiger partial charge in [0.2, 0.25) is 0 Å². The second-order valence-corrected chi connectivity index (χ2v) is 4.97. The van der Waals surface area contributed by atoms with E-state index in [0.717, 1.165) is 32.5 Å². The van der Waals surface area contributed by atoms with E-state index < -0.39 is 5.97 Å². The van der Waals surface area contributed by atoms with Crippen LogP contribution in [-0.4, -0.2) is 48.3 Å². The van der Waals surface area contributed by atoms with Crippen LogP contribution in [0.2, 0.25) is 0 Å². The Hall–Kier alpha value is -0.610. The van der Waals surface area contributed by atoms with Crippen molar-refractivity contribution >= 4 is 5.97 Å². The summed E-state index contributed by atoms with van der Waals surface area (Å²) in [6.45, 7) is 9.59. The summed E-state index contributed by atoms with van der Waals surface area (Å²) in [5.41, 5.74) is 0. The predicted octanol–water partition coefficient (Wildman–Crippen LogP) is 2.77. The fourth-order valence-corrected chi connectivity index (χ4v) is 1.78. The number of aliphatic carboxylic acids is 1. The molecule has 0 aromatic heterocycles. The molecule has 0 aromatic rings. The maximum absolute atomic E-state index is 10.6. The molecule has 0 saturated heterocycles. The number of carboxylic acids is 1. The van der Waals surface area contributed by atoms with Gasteiger partial charge in [-0.25, -0.2) is 0 Å². The minimum absolute atomic E-state index is 0.233. The average Bonchev–Trinajstić information content (AvgIpc) is 2.30. The fourth-order valence-electron chi connectivity index (χ4n) is 1.78. The zero-order valence-electron chi connectivity index (χ0n) is 12.2. The Kier molecular flexibility index (Phi) is 11.1. The van der Waals surface area contributed by atoms with E-state index in [-0.39, 0.29) is 12.5 Å². The van der Waals surface area contributed by atoms with E-state index in [9.17, 15) is 4.79 Å². The van der Waals surface area contributed by atoms with Crippen molar-refractivity contribution < 1.29 is 14.6 Å². The van der Waals surface area contributed by atoms with Crippen LogP contribution >= 0.6 is 0 Å². The minimum atomic E-state index is -0.714. The number of carboxylic acid groups (broad SMARTS) is 1. The highest BCUT2D eigenvalue weighted by Gasteiger charge is 2.07. The van der Waals surface area contributed by atoms with E-state index in [4.69, 9.17) is 9.84 Å². The Morgan fingerprint density at radius 2 is 1.83 bits per heavy atom. The lowest BCUT2D eigenvalue weighted by Gasteiger charge is -2.21. The molecular formula is C14H29NO3. The van der Waals surface area contributed by atoms with E-state index >= 15 is 0 Å². The third-order valence-electron chi connectivity index (χ3n) is 2.79. The molecule has 0 aliphatic heterocycles. The van der Waals surface area contributed by atoms with Gasteiger partial charge in [-0.1, -0.05) is 19.8 Å². The van der Waals surface area contributed by atoms with Gasteiger partial charge in [-0.2, -0.15) is 0 Å². The van der Waals surface area contributed by atoms with Crippen molar-refractivity contribution in [2.45, 2.75) is 59.0 Å². The van der Waals surface area contributed by atoms with Crippen molar-refractivity contribution in [3.8, 4) is 0 Å². The highest BCUT2D eigenvalue weighted by molar-refractivity contribution is 5.66. The number of ether oxygens (including phenoxy) is 1. The first-order valence-corrected chi connectivity index (χ1v) is 7.12. The maximum Gasteiger partial charge on any atom is 0.304 e. The molecule has 0 aliphatic carbocycles. The molecule has 0 aromatic carbocycles. The van der Waals surface area contributed by atoms with Crippen LogP contribution in [0.4, 0.5) is 0 Å². The monoisotopic (exact) mass is 259 g/mol. The maximum atomic E-state index is 10.6. The first-order valence-electron chi connectivity index (χ1n) is 7.12. The van der Waals surface area contributed by atoms with E-state index in [2.05, 4.69) is 11.8 Å². The highest BCUT2D eigenvalue weighted by Crippen LogP contribution is 2.02. The zero-order valence-corrected chi connectivity index (χ0v) is 12.2. The lowest BCUT2D eigenvalue weighted by atomic mass is 10.2. The van der Waals surface area contributed by atoms with Crippen LogP contribution in [0.1, 0.15) is 52.9 Å². The number of rotatable bonds is 12. The van der Waals surface area contributed by atoms with E-state index in [0.29, 0.717) is 6.54 Å². The molecule has 0 amide bonds. The van der Waals surface area contributed by atoms with Gasteiger partial charge in [0.15, 0.2) is 0 Å². The van der Waals surface area contributed by atoms with E-state index in [1.807, 2.05) is 13.8 Å². The molecule has 0 heterocycles. The number of unbranched alkanes of at least 4 members (excludes halogenated alkanes) is 2. The standard InChI is InChI=1S/C14H29NO3/c1-4-5-6-9-15(11-8-14(16)17)10-7-12-18-13(2)3/h13H,4-12H2,1-3H3,(H,16,17). The summed E-state index contributed by atoms with van der Waals surface area (Å²) >= 11 is 0. The summed E-state index contributed by atoms with van der Waals surface area (Å²) in [7, 11) is 0. The van der Waals surface area contributed by atoms with Crippen molar-refractivity contribution in [2.75, 3.05) is 26.2 Å². The SMILES string of the molecule is CCCCCN(CCCOC(C)C)CCC(=O)O. The summed E-state index contributed by atoms with van der Waals surface area (Å²) < 4.78 is 5.50. The van der Waals surface area contributed by atoms with Crippen LogP contribution < -0.4 is 0 Å². The predicted molar refractivity (Wildman–Crippen MR) is 73.9 cm³/mol. The number of hydrogen-bond acceptors (Lipinski definition) is 3. The molecule has 0 rings (SSSR count). The van der Waals surface area contributed by atoms with Gasteiger partial charge in [-0.3, -0.25) is 4.79 Å². The average molecular weight is 259 g/mol. The summed E-state index contributed by atoms with van der Waals surface area (Å²) in [6, 6.07) is 0. The van der Waals surface area contributed by atoms with Crippen molar-refractivity contribution in [3.63, 3.8) is 0 Å². The molecule has 0 atom stereocenters. The molecule has 108 valence electrons. The second kappa shape index (κ2) is 11.5. The number of hydrogen-bond donors (Lipinski definition) is 1. The molecular weight excluding hydrogens is 230 g/mol. The van der Waals surface area contributed by atoms with Crippen LogP contribution in [0.3, 0.4) is 0 Å². The Morgan fingerprint density at radius 1 is 1.17 bits per heavy atom. The van der Waals surface area contributed by atoms with Crippen LogP contribution in [0, 0.1) is 0 Å². The normalized spacial score (nSPS) is 11.4. The van der Waals surface area contributed by atoms with Crippen LogP contribution in [0.5, 0.6) is 0 Å². The third-order valence-corrected chi connectivity index (χ3v) is 2.79. The van der Waals surface area contributed by atoms with Crippen molar-refractivity contribution in [3.05, 3.63) is 0 Å². The Bertz CT molecular complexity index is 207. The number of carbonyl (C=O) groups is 1. The number of nitrogens with zero attached hydrogens (tertiary/aromatic N) is 1. The van der Waals surface area contributed by atoms with Crippen molar-refractivity contribution in [1.82, 2.24) is 4.90 Å². The highest BCUT2D eigenvalue weighted by atomic mass is 16.5. The summed E-state index contributed by atoms with van der Waals surface area (Å²) in [5.74, 6) is -0.714. The first kappa shape index (κ1) is 17.4. The second-order valence-electron chi connectivity index (χ2n) is 4.97. The van der Waals surface area contributed by atoms with Gasteiger partial charge in [0, 0.05) is 19.7 Å². The smallest absolute Gasteiger partial charge is 0.304 e. The van der Waals surface area contributed by atoms with Crippen LogP contribution in [-0.2, 0) is 9.53 Å². The van der Waals surface area contributed by atoms with Crippen LogP contribution in [0.15, 0.2) is 0 Å². The van der Waals surface area contributed by atoms with Crippen LogP contribution in [0.25, 0.3) is 0 Å². The van der Waals surface area contributed by atoms with Gasteiger partial charge in [0.1, 0.15) is 0 Å². The summed E-state index contributed by atoms with van der Waals surface area (Å²) in [5, 5.41) is 8.73. The largest absolute Gasteiger partial charge is 0.481 e. The van der Waals surface area contributed by atoms with Crippen molar-refractivity contribution in [2.24, 2.45) is 0 Å². The molecule has 4 nitrogen and oxygen atoms in total. The van der Waals surface area contributed by atoms with Gasteiger partial charge in [-0.15, -0.1) is 0 Å². The van der Waals surface area contributed by atoms with Gasteiger partial charge in [0.05, 0.1) is 12.5 Å². The lowest BCUT2D eigenvalue weighted by Crippen LogP contribution is -2.29.